The summed E-state index contributed by atoms with van der Waals surface area (Å²) in [7, 11) is 3.91. The van der Waals surface area contributed by atoms with Crippen LogP contribution < -0.4 is 0 Å². The predicted molar refractivity (Wildman–Crippen MR) is 48.9 cm³/mol. The number of nitrogens with zero attached hydrogens (tertiary/aromatic N) is 1. The second kappa shape index (κ2) is 5.56. The zero-order valence-electron chi connectivity index (χ0n) is 8.42. The van der Waals surface area contributed by atoms with Crippen molar-refractivity contribution in [1.29, 1.82) is 0 Å². The highest BCUT2D eigenvalue weighted by Crippen LogP contribution is 2.04. The molecule has 0 aromatic heterocycles. The lowest BCUT2D eigenvalue weighted by Crippen LogP contribution is -2.38. The molecule has 0 aromatic rings. The number of ether oxygens (including phenoxy) is 1. The van der Waals surface area contributed by atoms with E-state index in [0.717, 1.165) is 6.54 Å². The van der Waals surface area contributed by atoms with Crippen LogP contribution in [-0.2, 0) is 4.74 Å². The largest absolute Gasteiger partial charge is 0.380 e. The van der Waals surface area contributed by atoms with Crippen LogP contribution in [0.25, 0.3) is 0 Å². The molecule has 0 spiro atoms. The summed E-state index contributed by atoms with van der Waals surface area (Å²) in [4.78, 5) is 2.33. The van der Waals surface area contributed by atoms with Gasteiger partial charge in [0.2, 0.25) is 0 Å². The van der Waals surface area contributed by atoms with Gasteiger partial charge in [-0.1, -0.05) is 6.92 Å². The van der Waals surface area contributed by atoms with Crippen LogP contribution in [0.5, 0.6) is 0 Å². The number of rotatable bonds is 5. The number of hydrogen-bond acceptors (Lipinski definition) is 2. The molecule has 0 radical (unpaired) electrons. The molecule has 0 bridgehead atoms. The van der Waals surface area contributed by atoms with Gasteiger partial charge in [-0.25, -0.2) is 0 Å². The third kappa shape index (κ3) is 3.73. The molecule has 0 saturated carbocycles. The van der Waals surface area contributed by atoms with E-state index in [1.165, 1.54) is 6.42 Å². The molecule has 0 aliphatic heterocycles. The molecule has 0 heterocycles. The molecule has 0 aliphatic rings. The maximum absolute atomic E-state index is 5.24. The fraction of sp³-hybridized carbons (Fsp3) is 1.00. The lowest BCUT2D eigenvalue weighted by molar-refractivity contribution is 0.0441. The number of likely N-dealkylation sites (N-methyl/N-ethyl adjacent to an activating group) is 1. The van der Waals surface area contributed by atoms with Crippen LogP contribution in [-0.4, -0.2) is 37.7 Å². The highest BCUT2D eigenvalue weighted by molar-refractivity contribution is 4.69. The third-order valence-corrected chi connectivity index (χ3v) is 2.32. The Morgan fingerprint density at radius 2 is 1.91 bits per heavy atom. The van der Waals surface area contributed by atoms with Gasteiger partial charge >= 0.3 is 0 Å². The summed E-state index contributed by atoms with van der Waals surface area (Å²) < 4.78 is 5.24. The SMILES string of the molecule is CCCN(C)[C@@H](C)[C@H](C)OC. The van der Waals surface area contributed by atoms with Crippen LogP contribution in [0.15, 0.2) is 0 Å². The van der Waals surface area contributed by atoms with Crippen LogP contribution in [0.3, 0.4) is 0 Å². The Bertz CT molecular complexity index is 95.6. The van der Waals surface area contributed by atoms with Gasteiger partial charge in [0.15, 0.2) is 0 Å². The molecule has 2 atom stereocenters. The zero-order chi connectivity index (χ0) is 8.85. The highest BCUT2D eigenvalue weighted by Gasteiger charge is 2.14. The number of methoxy groups -OCH3 is 1. The van der Waals surface area contributed by atoms with Gasteiger partial charge in [-0.3, -0.25) is 0 Å². The molecule has 0 amide bonds. The van der Waals surface area contributed by atoms with Crippen molar-refractivity contribution in [2.24, 2.45) is 0 Å². The summed E-state index contributed by atoms with van der Waals surface area (Å²) in [5.74, 6) is 0. The average molecular weight is 159 g/mol. The fourth-order valence-electron chi connectivity index (χ4n) is 1.11. The second-order valence-electron chi connectivity index (χ2n) is 3.16. The van der Waals surface area contributed by atoms with Gasteiger partial charge in [0.1, 0.15) is 0 Å². The van der Waals surface area contributed by atoms with E-state index in [-0.39, 0.29) is 0 Å². The van der Waals surface area contributed by atoms with Crippen LogP contribution in [0, 0.1) is 0 Å². The lowest BCUT2D eigenvalue weighted by atomic mass is 10.2. The van der Waals surface area contributed by atoms with Gasteiger partial charge < -0.3 is 9.64 Å². The molecular formula is C9H21NO. The first kappa shape index (κ1) is 10.9. The summed E-state index contributed by atoms with van der Waals surface area (Å²) in [5, 5.41) is 0. The molecular weight excluding hydrogens is 138 g/mol. The summed E-state index contributed by atoms with van der Waals surface area (Å²) in [6.45, 7) is 7.65. The topological polar surface area (TPSA) is 12.5 Å². The maximum atomic E-state index is 5.24. The molecule has 0 rings (SSSR count). The summed E-state index contributed by atoms with van der Waals surface area (Å²) in [6.07, 6.45) is 1.53. The molecule has 0 saturated heterocycles. The Morgan fingerprint density at radius 1 is 1.36 bits per heavy atom. The normalized spacial score (nSPS) is 16.9. The molecule has 2 nitrogen and oxygen atoms in total. The molecule has 0 N–H and O–H groups in total. The van der Waals surface area contributed by atoms with Crippen LogP contribution in [0.4, 0.5) is 0 Å². The summed E-state index contributed by atoms with van der Waals surface area (Å²) in [6, 6.07) is 0.514. The monoisotopic (exact) mass is 159 g/mol. The third-order valence-electron chi connectivity index (χ3n) is 2.32. The molecule has 0 fully saturated rings. The van der Waals surface area contributed by atoms with Gasteiger partial charge in [0, 0.05) is 13.2 Å². The zero-order valence-corrected chi connectivity index (χ0v) is 8.42. The van der Waals surface area contributed by atoms with Crippen LogP contribution in [0.2, 0.25) is 0 Å². The van der Waals surface area contributed by atoms with Crippen LogP contribution in [0.1, 0.15) is 27.2 Å². The van der Waals surface area contributed by atoms with Crippen molar-refractivity contribution in [3.8, 4) is 0 Å². The van der Waals surface area contributed by atoms with Crippen molar-refractivity contribution < 1.29 is 4.74 Å². The Balaban J connectivity index is 3.70. The first-order valence-electron chi connectivity index (χ1n) is 4.36. The smallest absolute Gasteiger partial charge is 0.0695 e. The van der Waals surface area contributed by atoms with Crippen molar-refractivity contribution in [2.75, 3.05) is 20.7 Å². The average Bonchev–Trinajstić information content (AvgIpc) is 2.02. The Labute approximate surface area is 70.5 Å². The highest BCUT2D eigenvalue weighted by atomic mass is 16.5. The van der Waals surface area contributed by atoms with Crippen molar-refractivity contribution in [1.82, 2.24) is 4.90 Å². The molecule has 0 unspecified atom stereocenters. The van der Waals surface area contributed by atoms with E-state index >= 15 is 0 Å². The quantitative estimate of drug-likeness (QED) is 0.606. The van der Waals surface area contributed by atoms with Crippen molar-refractivity contribution >= 4 is 0 Å². The van der Waals surface area contributed by atoms with E-state index in [1.54, 1.807) is 7.11 Å². The maximum Gasteiger partial charge on any atom is 0.0695 e. The molecule has 0 aromatic carbocycles. The first-order valence-corrected chi connectivity index (χ1v) is 4.36. The minimum Gasteiger partial charge on any atom is -0.380 e. The Kier molecular flexibility index (Phi) is 5.51. The Hall–Kier alpha value is -0.0800. The van der Waals surface area contributed by atoms with Crippen molar-refractivity contribution in [3.63, 3.8) is 0 Å². The summed E-state index contributed by atoms with van der Waals surface area (Å²) >= 11 is 0. The minimum absolute atomic E-state index is 0.326. The van der Waals surface area contributed by atoms with Gasteiger partial charge in [-0.05, 0) is 33.9 Å². The lowest BCUT2D eigenvalue weighted by Gasteiger charge is -2.28. The van der Waals surface area contributed by atoms with Gasteiger partial charge in [0.05, 0.1) is 6.10 Å². The predicted octanol–water partition coefficient (Wildman–Crippen LogP) is 1.75. The van der Waals surface area contributed by atoms with E-state index in [9.17, 15) is 0 Å². The standard InChI is InChI=1S/C9H21NO/c1-6-7-10(4)8(2)9(3)11-5/h8-9H,6-7H2,1-5H3/t8-,9-/m0/s1. The van der Waals surface area contributed by atoms with Gasteiger partial charge in [-0.2, -0.15) is 0 Å². The summed E-state index contributed by atoms with van der Waals surface area (Å²) in [5.41, 5.74) is 0. The van der Waals surface area contributed by atoms with E-state index in [1.807, 2.05) is 0 Å². The number of hydrogen-bond donors (Lipinski definition) is 0. The van der Waals surface area contributed by atoms with E-state index in [2.05, 4.69) is 32.7 Å². The van der Waals surface area contributed by atoms with E-state index in [0.29, 0.717) is 12.1 Å². The molecule has 11 heavy (non-hydrogen) atoms. The van der Waals surface area contributed by atoms with Crippen LogP contribution >= 0.6 is 0 Å². The molecule has 0 aliphatic carbocycles. The van der Waals surface area contributed by atoms with Crippen molar-refractivity contribution in [3.05, 3.63) is 0 Å². The molecule has 68 valence electrons. The first-order chi connectivity index (χ1) is 5.13. The second-order valence-corrected chi connectivity index (χ2v) is 3.16. The Morgan fingerprint density at radius 3 is 2.27 bits per heavy atom. The van der Waals surface area contributed by atoms with E-state index < -0.39 is 0 Å². The minimum atomic E-state index is 0.326. The van der Waals surface area contributed by atoms with E-state index in [4.69, 9.17) is 4.74 Å². The van der Waals surface area contributed by atoms with Crippen molar-refractivity contribution in [2.45, 2.75) is 39.3 Å². The van der Waals surface area contributed by atoms with Gasteiger partial charge in [-0.15, -0.1) is 0 Å². The van der Waals surface area contributed by atoms with Gasteiger partial charge in [0.25, 0.3) is 0 Å². The fourth-order valence-corrected chi connectivity index (χ4v) is 1.11. The molecule has 2 heteroatoms.